The Balaban J connectivity index is 2.36. The van der Waals surface area contributed by atoms with Crippen molar-refractivity contribution in [1.82, 2.24) is 4.90 Å². The Bertz CT molecular complexity index is 212. The molecule has 0 aromatic rings. The summed E-state index contributed by atoms with van der Waals surface area (Å²) in [5.74, 6) is 0. The van der Waals surface area contributed by atoms with Gasteiger partial charge in [0.15, 0.2) is 6.10 Å². The van der Waals surface area contributed by atoms with Gasteiger partial charge in [0.2, 0.25) is 0 Å². The van der Waals surface area contributed by atoms with Crippen LogP contribution < -0.4 is 0 Å². The monoisotopic (exact) mass is 186 g/mol. The largest absolute Gasteiger partial charge is 0.361 e. The molecule has 0 N–H and O–H groups in total. The molecule has 0 aromatic carbocycles. The van der Waals surface area contributed by atoms with Crippen molar-refractivity contribution in [3.8, 4) is 6.07 Å². The number of halogens is 1. The average Bonchev–Trinajstić information content (AvgIpc) is 2.03. The van der Waals surface area contributed by atoms with E-state index in [0.29, 0.717) is 24.7 Å². The predicted molar refractivity (Wildman–Crippen MR) is 46.8 cm³/mol. The Morgan fingerprint density at radius 1 is 1.83 bits per heavy atom. The van der Waals surface area contributed by atoms with E-state index in [-0.39, 0.29) is 6.10 Å². The van der Waals surface area contributed by atoms with Crippen molar-refractivity contribution in [1.29, 1.82) is 5.26 Å². The molecule has 66 valence electrons. The molecule has 4 heteroatoms. The summed E-state index contributed by atoms with van der Waals surface area (Å²) < 4.78 is 5.16. The van der Waals surface area contributed by atoms with Crippen LogP contribution in [0.4, 0.5) is 0 Å². The van der Waals surface area contributed by atoms with Gasteiger partial charge < -0.3 is 4.74 Å². The van der Waals surface area contributed by atoms with Crippen LogP contribution in [0.15, 0.2) is 11.6 Å². The molecule has 1 saturated heterocycles. The molecular weight excluding hydrogens is 176 g/mol. The summed E-state index contributed by atoms with van der Waals surface area (Å²) in [6, 6.07) is 2.07. The second-order valence-electron chi connectivity index (χ2n) is 2.74. The van der Waals surface area contributed by atoms with Gasteiger partial charge in [-0.1, -0.05) is 18.2 Å². The van der Waals surface area contributed by atoms with Gasteiger partial charge in [-0.15, -0.1) is 0 Å². The Morgan fingerprint density at radius 2 is 2.58 bits per heavy atom. The molecule has 0 bridgehead atoms. The number of hydrogen-bond donors (Lipinski definition) is 0. The van der Waals surface area contributed by atoms with Crippen LogP contribution in [0, 0.1) is 11.3 Å². The smallest absolute Gasteiger partial charge is 0.156 e. The maximum absolute atomic E-state index is 8.59. The molecule has 0 aromatic heterocycles. The van der Waals surface area contributed by atoms with Gasteiger partial charge >= 0.3 is 0 Å². The minimum absolute atomic E-state index is 0.310. The van der Waals surface area contributed by atoms with Crippen LogP contribution in [0.25, 0.3) is 0 Å². The minimum Gasteiger partial charge on any atom is -0.361 e. The molecule has 0 saturated carbocycles. The standard InChI is InChI=1S/C8H11ClN2O/c1-7(9)5-11-2-3-12-8(4-10)6-11/h8H,1-3,5-6H2. The van der Waals surface area contributed by atoms with Gasteiger partial charge in [-0.3, -0.25) is 4.90 Å². The number of nitrogens with zero attached hydrogens (tertiary/aromatic N) is 2. The van der Waals surface area contributed by atoms with Gasteiger partial charge in [-0.2, -0.15) is 5.26 Å². The lowest BCUT2D eigenvalue weighted by molar-refractivity contribution is 0.00482. The van der Waals surface area contributed by atoms with E-state index >= 15 is 0 Å². The molecule has 1 heterocycles. The van der Waals surface area contributed by atoms with Crippen molar-refractivity contribution < 1.29 is 4.74 Å². The minimum atomic E-state index is -0.310. The number of rotatable bonds is 2. The number of hydrogen-bond acceptors (Lipinski definition) is 3. The van der Waals surface area contributed by atoms with E-state index in [0.717, 1.165) is 6.54 Å². The third-order valence-corrected chi connectivity index (χ3v) is 1.81. The highest BCUT2D eigenvalue weighted by molar-refractivity contribution is 6.29. The molecule has 0 aliphatic carbocycles. The van der Waals surface area contributed by atoms with E-state index in [4.69, 9.17) is 21.6 Å². The van der Waals surface area contributed by atoms with Crippen LogP contribution in [-0.2, 0) is 4.74 Å². The second kappa shape index (κ2) is 4.46. The summed E-state index contributed by atoms with van der Waals surface area (Å²) >= 11 is 5.64. The lowest BCUT2D eigenvalue weighted by Gasteiger charge is -2.29. The molecule has 1 fully saturated rings. The SMILES string of the molecule is C=C(Cl)CN1CCOC(C#N)C1. The van der Waals surface area contributed by atoms with Gasteiger partial charge in [-0.05, 0) is 0 Å². The fraction of sp³-hybridized carbons (Fsp3) is 0.625. The second-order valence-corrected chi connectivity index (χ2v) is 3.28. The van der Waals surface area contributed by atoms with E-state index < -0.39 is 0 Å². The lowest BCUT2D eigenvalue weighted by atomic mass is 10.3. The number of ether oxygens (including phenoxy) is 1. The van der Waals surface area contributed by atoms with Gasteiger partial charge in [0.25, 0.3) is 0 Å². The quantitative estimate of drug-likeness (QED) is 0.645. The highest BCUT2D eigenvalue weighted by atomic mass is 35.5. The maximum Gasteiger partial charge on any atom is 0.156 e. The van der Waals surface area contributed by atoms with E-state index in [9.17, 15) is 0 Å². The molecule has 0 amide bonds. The van der Waals surface area contributed by atoms with Crippen LogP contribution >= 0.6 is 11.6 Å². The molecule has 3 nitrogen and oxygen atoms in total. The Labute approximate surface area is 77.2 Å². The van der Waals surface area contributed by atoms with Gasteiger partial charge in [0.1, 0.15) is 0 Å². The fourth-order valence-corrected chi connectivity index (χ4v) is 1.34. The van der Waals surface area contributed by atoms with Crippen molar-refractivity contribution >= 4 is 11.6 Å². The Morgan fingerprint density at radius 3 is 3.17 bits per heavy atom. The fourth-order valence-electron chi connectivity index (χ4n) is 1.17. The molecule has 1 unspecified atom stereocenters. The third-order valence-electron chi connectivity index (χ3n) is 1.69. The zero-order valence-electron chi connectivity index (χ0n) is 6.79. The van der Waals surface area contributed by atoms with Crippen molar-refractivity contribution in [3.63, 3.8) is 0 Å². The first kappa shape index (κ1) is 9.53. The molecule has 1 rings (SSSR count). The van der Waals surface area contributed by atoms with Crippen molar-refractivity contribution in [2.45, 2.75) is 6.10 Å². The van der Waals surface area contributed by atoms with Crippen molar-refractivity contribution in [2.24, 2.45) is 0 Å². The Hall–Kier alpha value is -0.560. The van der Waals surface area contributed by atoms with E-state index in [2.05, 4.69) is 17.5 Å². The first-order chi connectivity index (χ1) is 5.72. The van der Waals surface area contributed by atoms with Crippen LogP contribution in [-0.4, -0.2) is 37.2 Å². The topological polar surface area (TPSA) is 36.3 Å². The van der Waals surface area contributed by atoms with E-state index in [1.807, 2.05) is 0 Å². The average molecular weight is 187 g/mol. The molecule has 0 spiro atoms. The maximum atomic E-state index is 8.59. The van der Waals surface area contributed by atoms with Crippen LogP contribution in [0.5, 0.6) is 0 Å². The summed E-state index contributed by atoms with van der Waals surface area (Å²) in [7, 11) is 0. The molecule has 12 heavy (non-hydrogen) atoms. The summed E-state index contributed by atoms with van der Waals surface area (Å²) in [5.41, 5.74) is 0. The van der Waals surface area contributed by atoms with Crippen molar-refractivity contribution in [3.05, 3.63) is 11.6 Å². The number of morpholine rings is 1. The summed E-state index contributed by atoms with van der Waals surface area (Å²) in [4.78, 5) is 2.06. The highest BCUT2D eigenvalue weighted by Crippen LogP contribution is 2.07. The van der Waals surface area contributed by atoms with Gasteiger partial charge in [0, 0.05) is 24.7 Å². The summed E-state index contributed by atoms with van der Waals surface area (Å²) in [6.45, 7) is 6.29. The highest BCUT2D eigenvalue weighted by Gasteiger charge is 2.19. The summed E-state index contributed by atoms with van der Waals surface area (Å²) in [5, 5.41) is 9.19. The van der Waals surface area contributed by atoms with Gasteiger partial charge in [0.05, 0.1) is 12.7 Å². The molecule has 0 radical (unpaired) electrons. The van der Waals surface area contributed by atoms with Gasteiger partial charge in [-0.25, -0.2) is 0 Å². The molecule has 1 aliphatic heterocycles. The van der Waals surface area contributed by atoms with Crippen LogP contribution in [0.1, 0.15) is 0 Å². The van der Waals surface area contributed by atoms with Crippen molar-refractivity contribution in [2.75, 3.05) is 26.2 Å². The molecular formula is C8H11ClN2O. The Kier molecular flexibility index (Phi) is 3.54. The summed E-state index contributed by atoms with van der Waals surface area (Å²) in [6.07, 6.45) is -0.310. The lowest BCUT2D eigenvalue weighted by Crippen LogP contribution is -2.42. The first-order valence-corrected chi connectivity index (χ1v) is 4.17. The zero-order chi connectivity index (χ0) is 8.97. The van der Waals surface area contributed by atoms with Crippen LogP contribution in [0.3, 0.4) is 0 Å². The predicted octanol–water partition coefficient (Wildman–Crippen LogP) is 0.963. The van der Waals surface area contributed by atoms with E-state index in [1.165, 1.54) is 0 Å². The number of nitriles is 1. The van der Waals surface area contributed by atoms with E-state index in [1.54, 1.807) is 0 Å². The zero-order valence-corrected chi connectivity index (χ0v) is 7.55. The first-order valence-electron chi connectivity index (χ1n) is 3.79. The molecule has 1 atom stereocenters. The normalized spacial score (nSPS) is 24.8. The molecule has 1 aliphatic rings. The third kappa shape index (κ3) is 2.82. The van der Waals surface area contributed by atoms with Crippen LogP contribution in [0.2, 0.25) is 0 Å².